The highest BCUT2D eigenvalue weighted by Crippen LogP contribution is 2.30. The minimum absolute atomic E-state index is 0.628. The molecule has 4 heteroatoms. The Balaban J connectivity index is 2.02. The van der Waals surface area contributed by atoms with Gasteiger partial charge in [0.15, 0.2) is 0 Å². The van der Waals surface area contributed by atoms with Crippen LogP contribution in [0.15, 0.2) is 42.5 Å². The van der Waals surface area contributed by atoms with Gasteiger partial charge in [0.2, 0.25) is 0 Å². The van der Waals surface area contributed by atoms with Crippen LogP contribution in [-0.2, 0) is 17.9 Å². The van der Waals surface area contributed by atoms with Crippen molar-refractivity contribution in [3.05, 3.63) is 63.6 Å². The van der Waals surface area contributed by atoms with Crippen molar-refractivity contribution >= 4 is 28.9 Å². The van der Waals surface area contributed by atoms with Gasteiger partial charge >= 0.3 is 0 Å². The molecule has 2 nitrogen and oxygen atoms in total. The van der Waals surface area contributed by atoms with Crippen molar-refractivity contribution in [3.63, 3.8) is 0 Å². The Morgan fingerprint density at radius 1 is 0.947 bits per heavy atom. The summed E-state index contributed by atoms with van der Waals surface area (Å²) in [5.74, 6) is 0. The molecule has 0 aliphatic carbocycles. The summed E-state index contributed by atoms with van der Waals surface area (Å²) in [6.45, 7) is 1.31. The van der Waals surface area contributed by atoms with Crippen molar-refractivity contribution in [3.8, 4) is 0 Å². The minimum atomic E-state index is 0.628. The molecular weight excluding hydrogens is 281 g/mol. The molecule has 0 amide bonds. The molecule has 0 saturated carbocycles. The molecule has 100 valence electrons. The Morgan fingerprint density at radius 2 is 1.53 bits per heavy atom. The molecule has 0 radical (unpaired) electrons. The highest BCUT2D eigenvalue weighted by Gasteiger charge is 2.04. The quantitative estimate of drug-likeness (QED) is 0.859. The summed E-state index contributed by atoms with van der Waals surface area (Å²) in [5.41, 5.74) is 3.09. The minimum Gasteiger partial charge on any atom is -0.380 e. The van der Waals surface area contributed by atoms with Crippen LogP contribution >= 0.6 is 23.2 Å². The zero-order valence-corrected chi connectivity index (χ0v) is 12.1. The molecule has 0 spiro atoms. The second-order valence-electron chi connectivity index (χ2n) is 4.20. The maximum absolute atomic E-state index is 6.10. The third-order valence-corrected chi connectivity index (χ3v) is 3.40. The molecule has 0 saturated heterocycles. The highest BCUT2D eigenvalue weighted by atomic mass is 35.5. The maximum Gasteiger partial charge on any atom is 0.0721 e. The molecule has 0 bridgehead atoms. The summed E-state index contributed by atoms with van der Waals surface area (Å²) in [5, 5.41) is 4.51. The van der Waals surface area contributed by atoms with Crippen LogP contribution in [0, 0.1) is 0 Å². The average Bonchev–Trinajstić information content (AvgIpc) is 2.40. The molecule has 0 atom stereocenters. The van der Waals surface area contributed by atoms with Crippen LogP contribution in [-0.4, -0.2) is 7.11 Å². The van der Waals surface area contributed by atoms with Crippen LogP contribution in [0.25, 0.3) is 0 Å². The first-order valence-corrected chi connectivity index (χ1v) is 6.71. The van der Waals surface area contributed by atoms with E-state index in [4.69, 9.17) is 27.9 Å². The van der Waals surface area contributed by atoms with Crippen LogP contribution < -0.4 is 5.32 Å². The van der Waals surface area contributed by atoms with Gasteiger partial charge in [-0.25, -0.2) is 0 Å². The van der Waals surface area contributed by atoms with Gasteiger partial charge in [0.05, 0.1) is 22.3 Å². The fourth-order valence-electron chi connectivity index (χ4n) is 1.78. The third kappa shape index (κ3) is 3.87. The smallest absolute Gasteiger partial charge is 0.0721 e. The summed E-state index contributed by atoms with van der Waals surface area (Å²) in [6.07, 6.45) is 0. The standard InChI is InChI=1S/C15H15Cl2NO/c1-19-10-12-7-5-11(6-8-12)9-18-15-13(16)3-2-4-14(15)17/h2-8,18H,9-10H2,1H3. The summed E-state index contributed by atoms with van der Waals surface area (Å²) in [6, 6.07) is 13.7. The number of halogens is 2. The van der Waals surface area contributed by atoms with E-state index in [1.807, 2.05) is 18.2 Å². The lowest BCUT2D eigenvalue weighted by Crippen LogP contribution is -2.01. The van der Waals surface area contributed by atoms with Crippen LogP contribution in [0.5, 0.6) is 0 Å². The summed E-state index contributed by atoms with van der Waals surface area (Å²) < 4.78 is 5.08. The topological polar surface area (TPSA) is 21.3 Å². The Hall–Kier alpha value is -1.22. The number of rotatable bonds is 5. The molecule has 0 aromatic heterocycles. The van der Waals surface area contributed by atoms with E-state index < -0.39 is 0 Å². The number of anilines is 1. The fourth-order valence-corrected chi connectivity index (χ4v) is 2.31. The van der Waals surface area contributed by atoms with Gasteiger partial charge in [-0.15, -0.1) is 0 Å². The SMILES string of the molecule is COCc1ccc(CNc2c(Cl)cccc2Cl)cc1. The van der Waals surface area contributed by atoms with Gasteiger partial charge in [0.1, 0.15) is 0 Å². The second kappa shape index (κ2) is 6.80. The lowest BCUT2D eigenvalue weighted by Gasteiger charge is -2.10. The van der Waals surface area contributed by atoms with Crippen LogP contribution in [0.4, 0.5) is 5.69 Å². The molecule has 2 rings (SSSR count). The molecule has 2 aromatic rings. The van der Waals surface area contributed by atoms with E-state index in [2.05, 4.69) is 29.6 Å². The van der Waals surface area contributed by atoms with E-state index in [9.17, 15) is 0 Å². The van der Waals surface area contributed by atoms with Crippen molar-refractivity contribution < 1.29 is 4.74 Å². The van der Waals surface area contributed by atoms with Gasteiger partial charge in [-0.1, -0.05) is 53.5 Å². The molecule has 1 N–H and O–H groups in total. The van der Waals surface area contributed by atoms with Gasteiger partial charge in [0, 0.05) is 13.7 Å². The highest BCUT2D eigenvalue weighted by molar-refractivity contribution is 6.39. The molecular formula is C15H15Cl2NO. The molecule has 0 aliphatic rings. The number of methoxy groups -OCH3 is 1. The van der Waals surface area contributed by atoms with E-state index in [-0.39, 0.29) is 0 Å². The maximum atomic E-state index is 6.10. The fraction of sp³-hybridized carbons (Fsp3) is 0.200. The first-order valence-electron chi connectivity index (χ1n) is 5.95. The van der Waals surface area contributed by atoms with Crippen LogP contribution in [0.2, 0.25) is 10.0 Å². The Morgan fingerprint density at radius 3 is 2.11 bits per heavy atom. The lowest BCUT2D eigenvalue weighted by molar-refractivity contribution is 0.185. The zero-order chi connectivity index (χ0) is 13.7. The molecule has 0 aliphatic heterocycles. The molecule has 0 unspecified atom stereocenters. The van der Waals surface area contributed by atoms with Crippen molar-refractivity contribution in [1.29, 1.82) is 0 Å². The molecule has 0 fully saturated rings. The summed E-state index contributed by atoms with van der Waals surface area (Å²) in [7, 11) is 1.69. The Labute approximate surface area is 123 Å². The van der Waals surface area contributed by atoms with E-state index in [0.717, 1.165) is 16.8 Å². The number of para-hydroxylation sites is 1. The van der Waals surface area contributed by atoms with E-state index in [1.54, 1.807) is 7.11 Å². The summed E-state index contributed by atoms with van der Waals surface area (Å²) in [4.78, 5) is 0. The van der Waals surface area contributed by atoms with Crippen LogP contribution in [0.1, 0.15) is 11.1 Å². The predicted molar refractivity (Wildman–Crippen MR) is 80.9 cm³/mol. The van der Waals surface area contributed by atoms with Crippen molar-refractivity contribution in [2.45, 2.75) is 13.2 Å². The van der Waals surface area contributed by atoms with Gasteiger partial charge < -0.3 is 10.1 Å². The predicted octanol–water partition coefficient (Wildman–Crippen LogP) is 4.75. The first kappa shape index (κ1) is 14.2. The largest absolute Gasteiger partial charge is 0.380 e. The number of hydrogen-bond donors (Lipinski definition) is 1. The molecule has 0 heterocycles. The van der Waals surface area contributed by atoms with Gasteiger partial charge in [-0.3, -0.25) is 0 Å². The second-order valence-corrected chi connectivity index (χ2v) is 5.01. The van der Waals surface area contributed by atoms with Crippen molar-refractivity contribution in [2.75, 3.05) is 12.4 Å². The Kier molecular flexibility index (Phi) is 5.08. The number of hydrogen-bond acceptors (Lipinski definition) is 2. The summed E-state index contributed by atoms with van der Waals surface area (Å²) >= 11 is 12.2. The van der Waals surface area contributed by atoms with E-state index in [0.29, 0.717) is 23.2 Å². The first-order chi connectivity index (χ1) is 9.20. The van der Waals surface area contributed by atoms with Crippen LogP contribution in [0.3, 0.4) is 0 Å². The van der Waals surface area contributed by atoms with E-state index in [1.165, 1.54) is 0 Å². The Bertz CT molecular complexity index is 520. The average molecular weight is 296 g/mol. The molecule has 19 heavy (non-hydrogen) atoms. The third-order valence-electron chi connectivity index (χ3n) is 2.77. The number of benzene rings is 2. The van der Waals surface area contributed by atoms with E-state index >= 15 is 0 Å². The van der Waals surface area contributed by atoms with Crippen molar-refractivity contribution in [2.24, 2.45) is 0 Å². The number of ether oxygens (including phenoxy) is 1. The molecule has 2 aromatic carbocycles. The zero-order valence-electron chi connectivity index (χ0n) is 10.6. The van der Waals surface area contributed by atoms with Gasteiger partial charge in [-0.2, -0.15) is 0 Å². The van der Waals surface area contributed by atoms with Gasteiger partial charge in [0.25, 0.3) is 0 Å². The van der Waals surface area contributed by atoms with Crippen molar-refractivity contribution in [1.82, 2.24) is 0 Å². The van der Waals surface area contributed by atoms with Gasteiger partial charge in [-0.05, 0) is 23.3 Å². The lowest BCUT2D eigenvalue weighted by atomic mass is 10.1. The number of nitrogens with one attached hydrogen (secondary N) is 1. The monoisotopic (exact) mass is 295 g/mol. The normalized spacial score (nSPS) is 10.5.